The van der Waals surface area contributed by atoms with E-state index in [1.165, 1.54) is 16.7 Å². The van der Waals surface area contributed by atoms with Gasteiger partial charge in [0.2, 0.25) is 5.91 Å². The number of para-hydroxylation sites is 1. The first-order valence-electron chi connectivity index (χ1n) is 8.04. The van der Waals surface area contributed by atoms with Crippen LogP contribution in [0.1, 0.15) is 18.4 Å². The molecule has 2 aliphatic rings. The van der Waals surface area contributed by atoms with Crippen molar-refractivity contribution in [2.75, 3.05) is 30.3 Å². The SMILES string of the molecule is O=C(CC1C=CS(=O)(=O)C1)NCCN1CCCc2ccccc21. The summed E-state index contributed by atoms with van der Waals surface area (Å²) in [4.78, 5) is 14.2. The van der Waals surface area contributed by atoms with Crippen LogP contribution in [0.2, 0.25) is 0 Å². The molecule has 3 rings (SSSR count). The average Bonchev–Trinajstić information content (AvgIpc) is 2.86. The molecule has 0 fully saturated rings. The Labute approximate surface area is 137 Å². The third kappa shape index (κ3) is 4.13. The molecule has 2 aliphatic heterocycles. The number of aryl methyl sites for hydroxylation is 1. The molecule has 0 bridgehead atoms. The molecule has 0 spiro atoms. The lowest BCUT2D eigenvalue weighted by Crippen LogP contribution is -2.38. The molecular weight excluding hydrogens is 312 g/mol. The van der Waals surface area contributed by atoms with Crippen LogP contribution in [0, 0.1) is 5.92 Å². The van der Waals surface area contributed by atoms with Gasteiger partial charge in [0.25, 0.3) is 0 Å². The van der Waals surface area contributed by atoms with Crippen LogP contribution in [-0.4, -0.2) is 39.7 Å². The highest BCUT2D eigenvalue weighted by Crippen LogP contribution is 2.26. The van der Waals surface area contributed by atoms with Gasteiger partial charge in [0.1, 0.15) is 0 Å². The number of hydrogen-bond donors (Lipinski definition) is 1. The van der Waals surface area contributed by atoms with Crippen molar-refractivity contribution in [3.8, 4) is 0 Å². The normalized spacial score (nSPS) is 21.9. The summed E-state index contributed by atoms with van der Waals surface area (Å²) in [5, 5.41) is 4.12. The number of benzene rings is 1. The quantitative estimate of drug-likeness (QED) is 0.886. The van der Waals surface area contributed by atoms with Crippen molar-refractivity contribution < 1.29 is 13.2 Å². The van der Waals surface area contributed by atoms with Crippen LogP contribution in [0.4, 0.5) is 5.69 Å². The number of carbonyl (C=O) groups excluding carboxylic acids is 1. The van der Waals surface area contributed by atoms with Crippen LogP contribution in [-0.2, 0) is 21.1 Å². The second kappa shape index (κ2) is 6.74. The molecule has 1 N–H and O–H groups in total. The van der Waals surface area contributed by atoms with E-state index in [0.29, 0.717) is 6.54 Å². The first-order chi connectivity index (χ1) is 11.0. The first-order valence-corrected chi connectivity index (χ1v) is 9.75. The van der Waals surface area contributed by atoms with Crippen molar-refractivity contribution in [2.24, 2.45) is 5.92 Å². The summed E-state index contributed by atoms with van der Waals surface area (Å²) in [5.74, 6) is -0.210. The summed E-state index contributed by atoms with van der Waals surface area (Å²) in [6.45, 7) is 2.37. The summed E-state index contributed by atoms with van der Waals surface area (Å²) >= 11 is 0. The topological polar surface area (TPSA) is 66.5 Å². The monoisotopic (exact) mass is 334 g/mol. The Morgan fingerprint density at radius 2 is 2.13 bits per heavy atom. The van der Waals surface area contributed by atoms with E-state index in [2.05, 4.69) is 28.4 Å². The Hall–Kier alpha value is -1.82. The zero-order valence-electron chi connectivity index (χ0n) is 13.1. The third-order valence-electron chi connectivity index (χ3n) is 4.36. The predicted octanol–water partition coefficient (Wildman–Crippen LogP) is 1.50. The molecule has 1 amide bonds. The van der Waals surface area contributed by atoms with Gasteiger partial charge in [0.05, 0.1) is 5.75 Å². The predicted molar refractivity (Wildman–Crippen MR) is 91.0 cm³/mol. The van der Waals surface area contributed by atoms with Crippen molar-refractivity contribution in [1.82, 2.24) is 5.32 Å². The Kier molecular flexibility index (Phi) is 4.71. The van der Waals surface area contributed by atoms with Crippen LogP contribution in [0.3, 0.4) is 0 Å². The van der Waals surface area contributed by atoms with Gasteiger partial charge in [-0.3, -0.25) is 4.79 Å². The lowest BCUT2D eigenvalue weighted by molar-refractivity contribution is -0.121. The molecule has 23 heavy (non-hydrogen) atoms. The molecule has 1 atom stereocenters. The number of hydrogen-bond acceptors (Lipinski definition) is 4. The molecule has 0 saturated carbocycles. The molecule has 1 aromatic carbocycles. The minimum atomic E-state index is -3.08. The average molecular weight is 334 g/mol. The number of nitrogens with zero attached hydrogens (tertiary/aromatic N) is 1. The second-order valence-electron chi connectivity index (χ2n) is 6.19. The zero-order chi connectivity index (χ0) is 16.3. The summed E-state index contributed by atoms with van der Waals surface area (Å²) in [6, 6.07) is 8.40. The lowest BCUT2D eigenvalue weighted by Gasteiger charge is -2.31. The third-order valence-corrected chi connectivity index (χ3v) is 5.83. The van der Waals surface area contributed by atoms with E-state index >= 15 is 0 Å². The van der Waals surface area contributed by atoms with Crippen LogP contribution >= 0.6 is 0 Å². The maximum atomic E-state index is 11.9. The molecular formula is C17H22N2O3S. The Morgan fingerprint density at radius 1 is 1.30 bits per heavy atom. The van der Waals surface area contributed by atoms with Gasteiger partial charge >= 0.3 is 0 Å². The summed E-state index contributed by atoms with van der Waals surface area (Å²) in [5.41, 5.74) is 2.63. The van der Waals surface area contributed by atoms with E-state index in [1.54, 1.807) is 6.08 Å². The number of allylic oxidation sites excluding steroid dienone is 1. The maximum absolute atomic E-state index is 11.9. The van der Waals surface area contributed by atoms with E-state index in [-0.39, 0.29) is 24.0 Å². The van der Waals surface area contributed by atoms with Crippen molar-refractivity contribution >= 4 is 21.4 Å². The van der Waals surface area contributed by atoms with Gasteiger partial charge < -0.3 is 10.2 Å². The van der Waals surface area contributed by atoms with Gasteiger partial charge in [-0.2, -0.15) is 0 Å². The van der Waals surface area contributed by atoms with Gasteiger partial charge in [-0.1, -0.05) is 24.3 Å². The molecule has 124 valence electrons. The fourth-order valence-electron chi connectivity index (χ4n) is 3.25. The number of anilines is 1. The van der Waals surface area contributed by atoms with Crippen LogP contribution in [0.15, 0.2) is 35.7 Å². The Balaban J connectivity index is 1.45. The number of rotatable bonds is 5. The standard InChI is InChI=1S/C17H22N2O3S/c20-17(12-14-7-11-23(21,22)13-14)18-8-10-19-9-3-5-15-4-1-2-6-16(15)19/h1-2,4,6-7,11,14H,3,5,8-10,12-13H2,(H,18,20). The van der Waals surface area contributed by atoms with Gasteiger partial charge in [-0.25, -0.2) is 8.42 Å². The highest BCUT2D eigenvalue weighted by molar-refractivity contribution is 7.94. The fourth-order valence-corrected chi connectivity index (χ4v) is 4.65. The molecule has 2 heterocycles. The minimum Gasteiger partial charge on any atom is -0.370 e. The molecule has 1 unspecified atom stereocenters. The van der Waals surface area contributed by atoms with Crippen LogP contribution in [0.5, 0.6) is 0 Å². The van der Waals surface area contributed by atoms with Crippen molar-refractivity contribution in [3.05, 3.63) is 41.3 Å². The number of fused-ring (bicyclic) bond motifs is 1. The number of sulfone groups is 1. The van der Waals surface area contributed by atoms with E-state index < -0.39 is 9.84 Å². The van der Waals surface area contributed by atoms with Crippen LogP contribution < -0.4 is 10.2 Å². The van der Waals surface area contributed by atoms with Crippen molar-refractivity contribution in [1.29, 1.82) is 0 Å². The Bertz CT molecular complexity index is 712. The van der Waals surface area contributed by atoms with E-state index in [0.717, 1.165) is 25.9 Å². The largest absolute Gasteiger partial charge is 0.370 e. The van der Waals surface area contributed by atoms with E-state index in [4.69, 9.17) is 0 Å². The maximum Gasteiger partial charge on any atom is 0.220 e. The van der Waals surface area contributed by atoms with Gasteiger partial charge in [0, 0.05) is 43.1 Å². The molecule has 0 radical (unpaired) electrons. The highest BCUT2D eigenvalue weighted by Gasteiger charge is 2.23. The molecule has 0 aromatic heterocycles. The Morgan fingerprint density at radius 3 is 2.91 bits per heavy atom. The number of carbonyl (C=O) groups is 1. The van der Waals surface area contributed by atoms with Gasteiger partial charge in [0.15, 0.2) is 9.84 Å². The zero-order valence-corrected chi connectivity index (χ0v) is 13.9. The van der Waals surface area contributed by atoms with Crippen molar-refractivity contribution in [2.45, 2.75) is 19.3 Å². The molecule has 5 nitrogen and oxygen atoms in total. The fraction of sp³-hybridized carbons (Fsp3) is 0.471. The minimum absolute atomic E-state index is 0.0555. The van der Waals surface area contributed by atoms with Gasteiger partial charge in [-0.15, -0.1) is 0 Å². The summed E-state index contributed by atoms with van der Waals surface area (Å²) in [7, 11) is -3.08. The molecule has 6 heteroatoms. The first kappa shape index (κ1) is 16.1. The molecule has 0 saturated heterocycles. The van der Waals surface area contributed by atoms with Gasteiger partial charge in [-0.05, 0) is 24.5 Å². The smallest absolute Gasteiger partial charge is 0.220 e. The van der Waals surface area contributed by atoms with Crippen molar-refractivity contribution in [3.63, 3.8) is 0 Å². The van der Waals surface area contributed by atoms with E-state index in [1.807, 2.05) is 6.07 Å². The van der Waals surface area contributed by atoms with E-state index in [9.17, 15) is 13.2 Å². The summed E-state index contributed by atoms with van der Waals surface area (Å²) in [6.07, 6.45) is 4.11. The lowest BCUT2D eigenvalue weighted by atomic mass is 10.0. The van der Waals surface area contributed by atoms with Crippen LogP contribution in [0.25, 0.3) is 0 Å². The molecule has 0 aliphatic carbocycles. The second-order valence-corrected chi connectivity index (χ2v) is 8.12. The number of amides is 1. The summed E-state index contributed by atoms with van der Waals surface area (Å²) < 4.78 is 22.7. The molecule has 1 aromatic rings. The number of nitrogens with one attached hydrogen (secondary N) is 1. The highest BCUT2D eigenvalue weighted by atomic mass is 32.2.